The lowest BCUT2D eigenvalue weighted by Gasteiger charge is -2.32. The van der Waals surface area contributed by atoms with E-state index < -0.39 is 132 Å². The fourth-order valence-corrected chi connectivity index (χ4v) is 7.48. The molecular weight excluding hydrogens is 724 g/mol. The molecule has 0 radical (unpaired) electrons. The number of carboxylic acid groups (broad SMARTS) is 1. The van der Waals surface area contributed by atoms with Crippen LogP contribution in [0.5, 0.6) is 0 Å². The van der Waals surface area contributed by atoms with Gasteiger partial charge in [-0.25, -0.2) is 22.4 Å². The van der Waals surface area contributed by atoms with Crippen molar-refractivity contribution in [2.24, 2.45) is 0 Å². The van der Waals surface area contributed by atoms with Crippen molar-refractivity contribution in [3.63, 3.8) is 0 Å². The minimum absolute atomic E-state index is 0.0426. The van der Waals surface area contributed by atoms with E-state index >= 15 is 8.78 Å². The second kappa shape index (κ2) is 14.7. The number of carbonyl (C=O) groups is 3. The van der Waals surface area contributed by atoms with Gasteiger partial charge in [0.1, 0.15) is 77.7 Å². The standard InChI is InChI=1S/C37H44F4N2O11/c1-35(2,3)54-34(47)43-22(28-32-30(50-36(4,5)52-32)26(48-28)18-10-8-16(38)12-20(18)40)14-24(44)42-23(15-25(45)46)29-33-31(51-37(6,7)53-33)27(49-29)19-11-9-17(39)13-21(19)41/h8-13,22-23,26-33H,14-15H2,1-7H3,(H,42,44)(H,43,47)(H,45,46)/t22-,23+,26+,27+,28-,29-,30-,31-,32+,33+/m1/s1. The van der Waals surface area contributed by atoms with Gasteiger partial charge in [-0.3, -0.25) is 9.59 Å². The van der Waals surface area contributed by atoms with E-state index in [0.29, 0.717) is 12.1 Å². The number of amides is 2. The number of hydrogen-bond donors (Lipinski definition) is 3. The highest BCUT2D eigenvalue weighted by molar-refractivity contribution is 5.79. The summed E-state index contributed by atoms with van der Waals surface area (Å²) in [5, 5.41) is 15.2. The molecule has 4 aliphatic heterocycles. The molecule has 0 unspecified atom stereocenters. The van der Waals surface area contributed by atoms with Gasteiger partial charge in [-0.1, -0.05) is 12.1 Å². The molecule has 2 aromatic rings. The monoisotopic (exact) mass is 768 g/mol. The number of carbonyl (C=O) groups excluding carboxylic acids is 2. The third kappa shape index (κ3) is 8.66. The number of alkyl carbamates (subject to hydrolysis) is 1. The van der Waals surface area contributed by atoms with Crippen LogP contribution in [0.2, 0.25) is 0 Å². The molecule has 0 spiro atoms. The van der Waals surface area contributed by atoms with E-state index in [1.807, 2.05) is 0 Å². The summed E-state index contributed by atoms with van der Waals surface area (Å²) in [6.07, 6.45) is -10.7. The van der Waals surface area contributed by atoms with E-state index in [1.54, 1.807) is 48.5 Å². The molecule has 2 aromatic carbocycles. The molecule has 13 nitrogen and oxygen atoms in total. The minimum atomic E-state index is -1.32. The summed E-state index contributed by atoms with van der Waals surface area (Å²) in [6.45, 7) is 11.3. The predicted octanol–water partition coefficient (Wildman–Crippen LogP) is 5.11. The van der Waals surface area contributed by atoms with E-state index in [4.69, 9.17) is 33.2 Å². The van der Waals surface area contributed by atoms with Crippen LogP contribution in [0, 0.1) is 23.3 Å². The van der Waals surface area contributed by atoms with E-state index in [-0.39, 0.29) is 11.1 Å². The first-order chi connectivity index (χ1) is 25.1. The number of halogens is 4. The Labute approximate surface area is 308 Å². The Morgan fingerprint density at radius 3 is 1.56 bits per heavy atom. The van der Waals surface area contributed by atoms with Crippen LogP contribution in [0.3, 0.4) is 0 Å². The molecular formula is C37H44F4N2O11. The Balaban J connectivity index is 1.29. The Hall–Kier alpha value is -3.87. The molecule has 0 saturated carbocycles. The van der Waals surface area contributed by atoms with Gasteiger partial charge in [-0.2, -0.15) is 0 Å². The molecule has 0 aliphatic carbocycles. The van der Waals surface area contributed by atoms with Gasteiger partial charge >= 0.3 is 12.1 Å². The lowest BCUT2D eigenvalue weighted by atomic mass is 9.95. The molecule has 17 heteroatoms. The predicted molar refractivity (Wildman–Crippen MR) is 178 cm³/mol. The van der Waals surface area contributed by atoms with Gasteiger partial charge in [0.15, 0.2) is 11.6 Å². The SMILES string of the molecule is CC(C)(C)OC(=O)N[C@H](CC(=O)N[C@@H](CC(=O)O)[C@H]1O[C@@H](c2ccc(F)cc2F)[C@H]2OC(C)(C)O[C@@H]12)[C@H]1O[C@@H](c2ccc(F)cc2F)[C@H]2OC(C)(C)O[C@@H]12. The minimum Gasteiger partial charge on any atom is -0.481 e. The number of rotatable bonds is 10. The van der Waals surface area contributed by atoms with Crippen LogP contribution >= 0.6 is 0 Å². The van der Waals surface area contributed by atoms with Gasteiger partial charge in [0.05, 0.1) is 18.5 Å². The van der Waals surface area contributed by atoms with E-state index in [2.05, 4.69) is 10.6 Å². The fraction of sp³-hybridized carbons (Fsp3) is 0.595. The zero-order valence-corrected chi connectivity index (χ0v) is 30.7. The number of fused-ring (bicyclic) bond motifs is 2. The first-order valence-electron chi connectivity index (χ1n) is 17.5. The quantitative estimate of drug-likeness (QED) is 0.276. The topological polar surface area (TPSA) is 160 Å². The number of benzene rings is 2. The fourth-order valence-electron chi connectivity index (χ4n) is 7.48. The summed E-state index contributed by atoms with van der Waals surface area (Å²) in [5.74, 6) is -7.97. The molecule has 4 fully saturated rings. The Kier molecular flexibility index (Phi) is 10.8. The first-order valence-corrected chi connectivity index (χ1v) is 17.5. The third-order valence-electron chi connectivity index (χ3n) is 9.36. The summed E-state index contributed by atoms with van der Waals surface area (Å²) >= 11 is 0. The Morgan fingerprint density at radius 1 is 0.722 bits per heavy atom. The second-order valence-corrected chi connectivity index (χ2v) is 15.7. The molecule has 0 aromatic heterocycles. The van der Waals surface area contributed by atoms with Crippen LogP contribution in [0.15, 0.2) is 36.4 Å². The van der Waals surface area contributed by atoms with Gasteiger partial charge in [-0.05, 0) is 60.6 Å². The average Bonchev–Trinajstić information content (AvgIpc) is 3.71. The molecule has 4 saturated heterocycles. The molecule has 4 aliphatic rings. The van der Waals surface area contributed by atoms with Crippen molar-refractivity contribution in [1.29, 1.82) is 0 Å². The highest BCUT2D eigenvalue weighted by Gasteiger charge is 2.60. The van der Waals surface area contributed by atoms with Gasteiger partial charge in [-0.15, -0.1) is 0 Å². The third-order valence-corrected chi connectivity index (χ3v) is 9.36. The zero-order valence-electron chi connectivity index (χ0n) is 30.7. The molecule has 10 atom stereocenters. The maximum atomic E-state index is 15.1. The maximum Gasteiger partial charge on any atom is 0.407 e. The number of carboxylic acids is 1. The lowest BCUT2D eigenvalue weighted by molar-refractivity contribution is -0.191. The smallest absolute Gasteiger partial charge is 0.407 e. The second-order valence-electron chi connectivity index (χ2n) is 15.7. The molecule has 296 valence electrons. The molecule has 6 rings (SSSR count). The van der Waals surface area contributed by atoms with Crippen LogP contribution < -0.4 is 10.6 Å². The Bertz CT molecular complexity index is 1770. The van der Waals surface area contributed by atoms with E-state index in [0.717, 1.165) is 12.1 Å². The van der Waals surface area contributed by atoms with Crippen LogP contribution in [0.25, 0.3) is 0 Å². The van der Waals surface area contributed by atoms with Crippen LogP contribution in [-0.2, 0) is 42.7 Å². The summed E-state index contributed by atoms with van der Waals surface area (Å²) in [7, 11) is 0. The van der Waals surface area contributed by atoms with Gasteiger partial charge in [0.2, 0.25) is 5.91 Å². The molecule has 54 heavy (non-hydrogen) atoms. The number of hydrogen-bond acceptors (Lipinski definition) is 10. The Morgan fingerprint density at radius 2 is 1.15 bits per heavy atom. The van der Waals surface area contributed by atoms with Crippen molar-refractivity contribution >= 4 is 18.0 Å². The average molecular weight is 769 g/mol. The van der Waals surface area contributed by atoms with Gasteiger partial charge in [0.25, 0.3) is 0 Å². The lowest BCUT2D eigenvalue weighted by Crippen LogP contribution is -2.54. The highest BCUT2D eigenvalue weighted by atomic mass is 19.1. The van der Waals surface area contributed by atoms with E-state index in [1.165, 1.54) is 12.1 Å². The maximum absolute atomic E-state index is 15.1. The van der Waals surface area contributed by atoms with Crippen molar-refractivity contribution in [1.82, 2.24) is 10.6 Å². The van der Waals surface area contributed by atoms with E-state index in [9.17, 15) is 28.3 Å². The van der Waals surface area contributed by atoms with Gasteiger partial charge in [0, 0.05) is 29.7 Å². The molecule has 0 bridgehead atoms. The largest absolute Gasteiger partial charge is 0.481 e. The number of aliphatic carboxylic acids is 1. The van der Waals surface area contributed by atoms with Crippen LogP contribution in [-0.4, -0.2) is 89.0 Å². The van der Waals surface area contributed by atoms with Gasteiger partial charge < -0.3 is 48.9 Å². The van der Waals surface area contributed by atoms with Crippen molar-refractivity contribution in [3.05, 3.63) is 70.8 Å². The van der Waals surface area contributed by atoms with Crippen molar-refractivity contribution in [3.8, 4) is 0 Å². The molecule has 4 heterocycles. The number of nitrogens with one attached hydrogen (secondary N) is 2. The zero-order chi connectivity index (χ0) is 39.5. The summed E-state index contributed by atoms with van der Waals surface area (Å²) in [4.78, 5) is 39.3. The van der Waals surface area contributed by atoms with Crippen LogP contribution in [0.1, 0.15) is 84.6 Å². The first kappa shape index (κ1) is 39.8. The van der Waals surface area contributed by atoms with Crippen molar-refractivity contribution in [2.45, 2.75) is 139 Å². The van der Waals surface area contributed by atoms with Crippen molar-refractivity contribution in [2.75, 3.05) is 0 Å². The highest BCUT2D eigenvalue weighted by Crippen LogP contribution is 2.48. The number of ether oxygens (including phenoxy) is 7. The molecule has 3 N–H and O–H groups in total. The van der Waals surface area contributed by atoms with Crippen molar-refractivity contribution < 1.29 is 70.2 Å². The summed E-state index contributed by atoms with van der Waals surface area (Å²) < 4.78 is 100. The summed E-state index contributed by atoms with van der Waals surface area (Å²) in [5.41, 5.74) is -1.05. The normalized spacial score (nSPS) is 30.6. The summed E-state index contributed by atoms with van der Waals surface area (Å²) in [6, 6.07) is 3.34. The molecule has 2 amide bonds. The van der Waals surface area contributed by atoms with Crippen LogP contribution in [0.4, 0.5) is 22.4 Å².